The fourth-order valence-corrected chi connectivity index (χ4v) is 1.86. The minimum atomic E-state index is -0.405. The van der Waals surface area contributed by atoms with Gasteiger partial charge in [0.2, 0.25) is 0 Å². The zero-order valence-corrected chi connectivity index (χ0v) is 11.0. The lowest BCUT2D eigenvalue weighted by Crippen LogP contribution is -2.13. The molecular weight excluding hydrogens is 241 g/mol. The first-order valence-corrected chi connectivity index (χ1v) is 6.26. The topological polar surface area (TPSA) is 29.1 Å². The van der Waals surface area contributed by atoms with E-state index in [9.17, 15) is 9.18 Å². The molecule has 2 nitrogen and oxygen atoms in total. The van der Waals surface area contributed by atoms with Crippen LogP contribution in [-0.2, 0) is 6.42 Å². The zero-order chi connectivity index (χ0) is 13.8. The van der Waals surface area contributed by atoms with Crippen LogP contribution in [0.2, 0.25) is 0 Å². The van der Waals surface area contributed by atoms with Crippen LogP contribution < -0.4 is 5.32 Å². The monoisotopic (exact) mass is 257 g/mol. The second kappa shape index (κ2) is 5.65. The molecule has 0 spiro atoms. The molecule has 0 aliphatic heterocycles. The Labute approximate surface area is 112 Å². The first-order valence-electron chi connectivity index (χ1n) is 6.26. The minimum absolute atomic E-state index is 0.291. The average molecular weight is 257 g/mol. The Bertz CT molecular complexity index is 590. The van der Waals surface area contributed by atoms with Crippen LogP contribution in [0.3, 0.4) is 0 Å². The van der Waals surface area contributed by atoms with E-state index in [2.05, 4.69) is 12.2 Å². The molecule has 98 valence electrons. The van der Waals surface area contributed by atoms with Crippen molar-refractivity contribution in [3.63, 3.8) is 0 Å². The standard InChI is InChI=1S/C16H16FNO/c1-3-12-5-8-14(9-6-12)18-16(19)15-10-13(17)7-4-11(15)2/h4-10H,3H2,1-2H3,(H,18,19). The molecule has 3 heteroatoms. The number of aryl methyl sites for hydroxylation is 2. The van der Waals surface area contributed by atoms with E-state index in [-0.39, 0.29) is 5.91 Å². The number of amides is 1. The summed E-state index contributed by atoms with van der Waals surface area (Å²) in [4.78, 5) is 12.1. The number of carbonyl (C=O) groups is 1. The largest absolute Gasteiger partial charge is 0.322 e. The van der Waals surface area contributed by atoms with E-state index in [0.717, 1.165) is 12.0 Å². The van der Waals surface area contributed by atoms with Gasteiger partial charge in [0.05, 0.1) is 0 Å². The predicted molar refractivity (Wildman–Crippen MR) is 74.9 cm³/mol. The predicted octanol–water partition coefficient (Wildman–Crippen LogP) is 3.95. The highest BCUT2D eigenvalue weighted by atomic mass is 19.1. The molecule has 0 bridgehead atoms. The summed E-state index contributed by atoms with van der Waals surface area (Å²) in [5, 5.41) is 2.77. The molecule has 0 saturated heterocycles. The fourth-order valence-electron chi connectivity index (χ4n) is 1.86. The third-order valence-electron chi connectivity index (χ3n) is 3.06. The molecule has 0 aliphatic carbocycles. The molecule has 0 aliphatic rings. The van der Waals surface area contributed by atoms with Crippen LogP contribution in [0.25, 0.3) is 0 Å². The molecule has 0 saturated carbocycles. The van der Waals surface area contributed by atoms with Gasteiger partial charge >= 0.3 is 0 Å². The van der Waals surface area contributed by atoms with Crippen LogP contribution in [-0.4, -0.2) is 5.91 Å². The third kappa shape index (κ3) is 3.19. The van der Waals surface area contributed by atoms with Gasteiger partial charge in [0, 0.05) is 11.3 Å². The summed E-state index contributed by atoms with van der Waals surface area (Å²) in [7, 11) is 0. The number of carbonyl (C=O) groups excluding carboxylic acids is 1. The van der Waals surface area contributed by atoms with Crippen LogP contribution >= 0.6 is 0 Å². The SMILES string of the molecule is CCc1ccc(NC(=O)c2cc(F)ccc2C)cc1. The van der Waals surface area contributed by atoms with Gasteiger partial charge in [-0.1, -0.05) is 25.1 Å². The van der Waals surface area contributed by atoms with E-state index in [1.54, 1.807) is 13.0 Å². The molecule has 19 heavy (non-hydrogen) atoms. The van der Waals surface area contributed by atoms with Crippen LogP contribution in [0.1, 0.15) is 28.4 Å². The first kappa shape index (κ1) is 13.3. The maximum atomic E-state index is 13.2. The van der Waals surface area contributed by atoms with Gasteiger partial charge in [0.25, 0.3) is 5.91 Å². The Hall–Kier alpha value is -2.16. The summed E-state index contributed by atoms with van der Waals surface area (Å²) in [5.41, 5.74) is 3.04. The van der Waals surface area contributed by atoms with Crippen molar-refractivity contribution in [1.82, 2.24) is 0 Å². The van der Waals surface area contributed by atoms with Crippen molar-refractivity contribution in [3.05, 3.63) is 65.0 Å². The van der Waals surface area contributed by atoms with E-state index < -0.39 is 5.82 Å². The van der Waals surface area contributed by atoms with Crippen LogP contribution in [0.4, 0.5) is 10.1 Å². The van der Waals surface area contributed by atoms with Gasteiger partial charge < -0.3 is 5.32 Å². The van der Waals surface area contributed by atoms with Crippen molar-refractivity contribution in [2.24, 2.45) is 0 Å². The third-order valence-corrected chi connectivity index (χ3v) is 3.06. The molecule has 0 atom stereocenters. The number of hydrogen-bond acceptors (Lipinski definition) is 1. The highest BCUT2D eigenvalue weighted by Gasteiger charge is 2.10. The van der Waals surface area contributed by atoms with Crippen LogP contribution in [0.15, 0.2) is 42.5 Å². The van der Waals surface area contributed by atoms with E-state index in [4.69, 9.17) is 0 Å². The van der Waals surface area contributed by atoms with E-state index in [1.165, 1.54) is 17.7 Å². The molecule has 2 aromatic rings. The number of hydrogen-bond donors (Lipinski definition) is 1. The lowest BCUT2D eigenvalue weighted by atomic mass is 10.1. The van der Waals surface area contributed by atoms with Crippen molar-refractivity contribution < 1.29 is 9.18 Å². The van der Waals surface area contributed by atoms with Gasteiger partial charge in [0.1, 0.15) is 5.82 Å². The quantitative estimate of drug-likeness (QED) is 0.886. The second-order valence-electron chi connectivity index (χ2n) is 4.46. The summed E-state index contributed by atoms with van der Waals surface area (Å²) >= 11 is 0. The van der Waals surface area contributed by atoms with Gasteiger partial charge in [0.15, 0.2) is 0 Å². The molecule has 1 N–H and O–H groups in total. The van der Waals surface area contributed by atoms with E-state index >= 15 is 0 Å². The molecule has 2 aromatic carbocycles. The maximum absolute atomic E-state index is 13.2. The van der Waals surface area contributed by atoms with Crippen LogP contribution in [0.5, 0.6) is 0 Å². The number of rotatable bonds is 3. The summed E-state index contributed by atoms with van der Waals surface area (Å²) in [6.07, 6.45) is 0.956. The Kier molecular flexibility index (Phi) is 3.95. The number of benzene rings is 2. The van der Waals surface area contributed by atoms with Crippen molar-refractivity contribution in [3.8, 4) is 0 Å². The first-order chi connectivity index (χ1) is 9.10. The molecule has 2 rings (SSSR count). The number of anilines is 1. The number of nitrogens with one attached hydrogen (secondary N) is 1. The average Bonchev–Trinajstić information content (AvgIpc) is 2.42. The van der Waals surface area contributed by atoms with Crippen molar-refractivity contribution in [1.29, 1.82) is 0 Å². The fraction of sp³-hybridized carbons (Fsp3) is 0.188. The highest BCUT2D eigenvalue weighted by molar-refractivity contribution is 6.05. The Morgan fingerprint density at radius 2 is 1.84 bits per heavy atom. The second-order valence-corrected chi connectivity index (χ2v) is 4.46. The van der Waals surface area contributed by atoms with Gasteiger partial charge in [-0.15, -0.1) is 0 Å². The maximum Gasteiger partial charge on any atom is 0.256 e. The van der Waals surface area contributed by atoms with E-state index in [1.807, 2.05) is 24.3 Å². The Morgan fingerprint density at radius 3 is 2.47 bits per heavy atom. The summed E-state index contributed by atoms with van der Waals surface area (Å²) in [5.74, 6) is -0.696. The van der Waals surface area contributed by atoms with Gasteiger partial charge in [-0.25, -0.2) is 4.39 Å². The van der Waals surface area contributed by atoms with Gasteiger partial charge in [-0.3, -0.25) is 4.79 Å². The molecule has 0 radical (unpaired) electrons. The molecule has 0 aromatic heterocycles. The van der Waals surface area contributed by atoms with Crippen molar-refractivity contribution in [2.75, 3.05) is 5.32 Å². The normalized spacial score (nSPS) is 10.3. The van der Waals surface area contributed by atoms with Crippen molar-refractivity contribution >= 4 is 11.6 Å². The molecule has 0 unspecified atom stereocenters. The summed E-state index contributed by atoms with van der Waals surface area (Å²) < 4.78 is 13.2. The van der Waals surface area contributed by atoms with Crippen molar-refractivity contribution in [2.45, 2.75) is 20.3 Å². The molecular formula is C16H16FNO. The molecule has 0 fully saturated rings. The smallest absolute Gasteiger partial charge is 0.256 e. The minimum Gasteiger partial charge on any atom is -0.322 e. The Balaban J connectivity index is 2.18. The summed E-state index contributed by atoms with van der Waals surface area (Å²) in [6, 6.07) is 11.8. The Morgan fingerprint density at radius 1 is 1.16 bits per heavy atom. The molecule has 0 heterocycles. The van der Waals surface area contributed by atoms with E-state index in [0.29, 0.717) is 11.3 Å². The van der Waals surface area contributed by atoms with Crippen LogP contribution in [0, 0.1) is 12.7 Å². The zero-order valence-electron chi connectivity index (χ0n) is 11.0. The van der Waals surface area contributed by atoms with Gasteiger partial charge in [-0.2, -0.15) is 0 Å². The summed E-state index contributed by atoms with van der Waals surface area (Å²) in [6.45, 7) is 3.86. The molecule has 1 amide bonds. The lowest BCUT2D eigenvalue weighted by molar-refractivity contribution is 0.102. The highest BCUT2D eigenvalue weighted by Crippen LogP contribution is 2.15. The lowest BCUT2D eigenvalue weighted by Gasteiger charge is -2.08. The van der Waals surface area contributed by atoms with Gasteiger partial charge in [-0.05, 0) is 48.7 Å². The number of halogens is 1.